The van der Waals surface area contributed by atoms with E-state index in [-0.39, 0.29) is 11.8 Å². The fourth-order valence-electron chi connectivity index (χ4n) is 2.83. The van der Waals surface area contributed by atoms with Gasteiger partial charge < -0.3 is 15.4 Å². The van der Waals surface area contributed by atoms with Crippen LogP contribution in [0.5, 0.6) is 0 Å². The SMILES string of the molecule is CCc1ccccc1Nc1ccc(NC(=O)C2CCOCC2)cn1. The van der Waals surface area contributed by atoms with Crippen LogP contribution in [0.25, 0.3) is 0 Å². The van der Waals surface area contributed by atoms with Crippen LogP contribution in [-0.4, -0.2) is 24.1 Å². The molecule has 3 rings (SSSR count). The average Bonchev–Trinajstić information content (AvgIpc) is 2.64. The number of aromatic nitrogens is 1. The van der Waals surface area contributed by atoms with Crippen molar-refractivity contribution < 1.29 is 9.53 Å². The number of rotatable bonds is 5. The number of ether oxygens (including phenoxy) is 1. The van der Waals surface area contributed by atoms with Crippen LogP contribution >= 0.6 is 0 Å². The summed E-state index contributed by atoms with van der Waals surface area (Å²) in [6.07, 6.45) is 4.22. The van der Waals surface area contributed by atoms with E-state index in [0.717, 1.165) is 36.5 Å². The standard InChI is InChI=1S/C19H23N3O2/c1-2-14-5-3-4-6-17(14)22-18-8-7-16(13-20-18)21-19(23)15-9-11-24-12-10-15/h3-8,13,15H,2,9-12H2,1H3,(H,20,22)(H,21,23). The number of carbonyl (C=O) groups is 1. The summed E-state index contributed by atoms with van der Waals surface area (Å²) in [4.78, 5) is 16.6. The van der Waals surface area contributed by atoms with E-state index in [4.69, 9.17) is 4.74 Å². The first-order chi connectivity index (χ1) is 11.8. The molecular formula is C19H23N3O2. The summed E-state index contributed by atoms with van der Waals surface area (Å²) >= 11 is 0. The van der Waals surface area contributed by atoms with Crippen molar-refractivity contribution in [2.45, 2.75) is 26.2 Å². The van der Waals surface area contributed by atoms with Gasteiger partial charge in [-0.15, -0.1) is 0 Å². The Balaban J connectivity index is 1.61. The third-order valence-electron chi connectivity index (χ3n) is 4.28. The maximum atomic E-state index is 12.2. The lowest BCUT2D eigenvalue weighted by molar-refractivity contribution is -0.122. The van der Waals surface area contributed by atoms with Gasteiger partial charge in [-0.3, -0.25) is 4.79 Å². The molecule has 2 heterocycles. The minimum Gasteiger partial charge on any atom is -0.381 e. The summed E-state index contributed by atoms with van der Waals surface area (Å²) in [7, 11) is 0. The minimum atomic E-state index is 0.0352. The fraction of sp³-hybridized carbons (Fsp3) is 0.368. The first-order valence-corrected chi connectivity index (χ1v) is 8.46. The van der Waals surface area contributed by atoms with Gasteiger partial charge in [-0.25, -0.2) is 4.98 Å². The Morgan fingerprint density at radius 1 is 1.21 bits per heavy atom. The molecule has 5 nitrogen and oxygen atoms in total. The normalized spacial score (nSPS) is 15.0. The highest BCUT2D eigenvalue weighted by Crippen LogP contribution is 2.21. The van der Waals surface area contributed by atoms with Crippen LogP contribution in [0.1, 0.15) is 25.3 Å². The molecule has 2 N–H and O–H groups in total. The number of nitrogens with zero attached hydrogens (tertiary/aromatic N) is 1. The summed E-state index contributed by atoms with van der Waals surface area (Å²) in [5, 5.41) is 6.27. The Labute approximate surface area is 142 Å². The maximum absolute atomic E-state index is 12.2. The molecule has 1 aliphatic rings. The Morgan fingerprint density at radius 3 is 2.71 bits per heavy atom. The molecule has 0 bridgehead atoms. The third kappa shape index (κ3) is 4.11. The molecule has 1 amide bonds. The minimum absolute atomic E-state index is 0.0352. The van der Waals surface area contributed by atoms with Crippen LogP contribution in [0.15, 0.2) is 42.6 Å². The Morgan fingerprint density at radius 2 is 2.00 bits per heavy atom. The van der Waals surface area contributed by atoms with E-state index in [1.807, 2.05) is 30.3 Å². The Hall–Kier alpha value is -2.40. The van der Waals surface area contributed by atoms with Gasteiger partial charge >= 0.3 is 0 Å². The highest BCUT2D eigenvalue weighted by Gasteiger charge is 2.21. The molecule has 0 atom stereocenters. The molecule has 1 fully saturated rings. The number of amides is 1. The highest BCUT2D eigenvalue weighted by molar-refractivity contribution is 5.92. The van der Waals surface area contributed by atoms with Gasteiger partial charge in [0.2, 0.25) is 5.91 Å². The molecule has 1 saturated heterocycles. The van der Waals surface area contributed by atoms with Gasteiger partial charge in [0.15, 0.2) is 0 Å². The first-order valence-electron chi connectivity index (χ1n) is 8.46. The molecule has 0 saturated carbocycles. The van der Waals surface area contributed by atoms with Crippen molar-refractivity contribution in [3.8, 4) is 0 Å². The molecule has 1 aliphatic heterocycles. The lowest BCUT2D eigenvalue weighted by Gasteiger charge is -2.21. The smallest absolute Gasteiger partial charge is 0.227 e. The molecule has 5 heteroatoms. The number of carbonyl (C=O) groups excluding carboxylic acids is 1. The topological polar surface area (TPSA) is 63.2 Å². The molecule has 0 aliphatic carbocycles. The quantitative estimate of drug-likeness (QED) is 0.879. The van der Waals surface area contributed by atoms with Crippen molar-refractivity contribution in [1.82, 2.24) is 4.98 Å². The molecule has 0 spiro atoms. The Kier molecular flexibility index (Phi) is 5.43. The zero-order valence-corrected chi connectivity index (χ0v) is 13.9. The Bertz CT molecular complexity index is 679. The van der Waals surface area contributed by atoms with Gasteiger partial charge in [-0.05, 0) is 43.0 Å². The lowest BCUT2D eigenvalue weighted by atomic mass is 9.99. The van der Waals surface area contributed by atoms with E-state index in [2.05, 4.69) is 28.6 Å². The number of para-hydroxylation sites is 1. The second kappa shape index (κ2) is 7.93. The molecule has 24 heavy (non-hydrogen) atoms. The largest absolute Gasteiger partial charge is 0.381 e. The molecular weight excluding hydrogens is 302 g/mol. The van der Waals surface area contributed by atoms with Crippen LogP contribution in [0.3, 0.4) is 0 Å². The van der Waals surface area contributed by atoms with E-state index in [1.54, 1.807) is 6.20 Å². The summed E-state index contributed by atoms with van der Waals surface area (Å²) in [5.74, 6) is 0.852. The molecule has 0 radical (unpaired) electrons. The molecule has 1 aromatic heterocycles. The highest BCUT2D eigenvalue weighted by atomic mass is 16.5. The van der Waals surface area contributed by atoms with Gasteiger partial charge in [-0.2, -0.15) is 0 Å². The number of nitrogens with one attached hydrogen (secondary N) is 2. The number of hydrogen-bond donors (Lipinski definition) is 2. The van der Waals surface area contributed by atoms with Gasteiger partial charge in [0.25, 0.3) is 0 Å². The van der Waals surface area contributed by atoms with E-state index in [0.29, 0.717) is 13.2 Å². The van der Waals surface area contributed by atoms with E-state index in [1.165, 1.54) is 5.56 Å². The zero-order chi connectivity index (χ0) is 16.8. The number of aryl methyl sites for hydroxylation is 1. The predicted molar refractivity (Wildman–Crippen MR) is 95.5 cm³/mol. The molecule has 0 unspecified atom stereocenters. The van der Waals surface area contributed by atoms with Crippen LogP contribution in [0.2, 0.25) is 0 Å². The van der Waals surface area contributed by atoms with Crippen LogP contribution < -0.4 is 10.6 Å². The van der Waals surface area contributed by atoms with Crippen molar-refractivity contribution in [2.24, 2.45) is 5.92 Å². The predicted octanol–water partition coefficient (Wildman–Crippen LogP) is 3.75. The van der Waals surface area contributed by atoms with Crippen molar-refractivity contribution in [1.29, 1.82) is 0 Å². The second-order valence-corrected chi connectivity index (χ2v) is 5.94. The van der Waals surface area contributed by atoms with Gasteiger partial charge in [0, 0.05) is 24.8 Å². The van der Waals surface area contributed by atoms with E-state index in [9.17, 15) is 4.79 Å². The first kappa shape index (κ1) is 16.5. The van der Waals surface area contributed by atoms with Crippen molar-refractivity contribution in [3.63, 3.8) is 0 Å². The summed E-state index contributed by atoms with van der Waals surface area (Å²) in [6.45, 7) is 3.45. The fourth-order valence-corrected chi connectivity index (χ4v) is 2.83. The van der Waals surface area contributed by atoms with Gasteiger partial charge in [0.1, 0.15) is 5.82 Å². The molecule has 2 aromatic rings. The van der Waals surface area contributed by atoms with Crippen LogP contribution in [0.4, 0.5) is 17.2 Å². The van der Waals surface area contributed by atoms with Crippen molar-refractivity contribution in [2.75, 3.05) is 23.8 Å². The zero-order valence-electron chi connectivity index (χ0n) is 13.9. The molecule has 1 aromatic carbocycles. The van der Waals surface area contributed by atoms with Crippen molar-refractivity contribution >= 4 is 23.1 Å². The van der Waals surface area contributed by atoms with E-state index < -0.39 is 0 Å². The van der Waals surface area contributed by atoms with Crippen LogP contribution in [0, 0.1) is 5.92 Å². The average molecular weight is 325 g/mol. The van der Waals surface area contributed by atoms with Crippen LogP contribution in [-0.2, 0) is 16.0 Å². The summed E-state index contributed by atoms with van der Waals surface area (Å²) in [6, 6.07) is 11.9. The van der Waals surface area contributed by atoms with E-state index >= 15 is 0 Å². The second-order valence-electron chi connectivity index (χ2n) is 5.94. The molecule has 126 valence electrons. The summed E-state index contributed by atoms with van der Waals surface area (Å²) in [5.41, 5.74) is 3.03. The monoisotopic (exact) mass is 325 g/mol. The van der Waals surface area contributed by atoms with Gasteiger partial charge in [-0.1, -0.05) is 25.1 Å². The number of pyridine rings is 1. The van der Waals surface area contributed by atoms with Crippen molar-refractivity contribution in [3.05, 3.63) is 48.2 Å². The van der Waals surface area contributed by atoms with Gasteiger partial charge in [0.05, 0.1) is 11.9 Å². The third-order valence-corrected chi connectivity index (χ3v) is 4.28. The number of benzene rings is 1. The summed E-state index contributed by atoms with van der Waals surface area (Å²) < 4.78 is 5.29. The lowest BCUT2D eigenvalue weighted by Crippen LogP contribution is -2.28. The number of anilines is 3. The maximum Gasteiger partial charge on any atom is 0.227 e. The number of hydrogen-bond acceptors (Lipinski definition) is 4.